The van der Waals surface area contributed by atoms with Crippen molar-refractivity contribution in [3.63, 3.8) is 0 Å². The highest BCUT2D eigenvalue weighted by Gasteiger charge is 2.20. The lowest BCUT2D eigenvalue weighted by Crippen LogP contribution is -2.37. The number of piperidine rings is 1. The van der Waals surface area contributed by atoms with E-state index in [0.29, 0.717) is 6.54 Å². The van der Waals surface area contributed by atoms with E-state index >= 15 is 0 Å². The second-order valence-corrected chi connectivity index (χ2v) is 5.33. The number of halogens is 2. The van der Waals surface area contributed by atoms with Gasteiger partial charge in [0, 0.05) is 16.9 Å². The van der Waals surface area contributed by atoms with Crippen molar-refractivity contribution in [2.45, 2.75) is 19.4 Å². The molecule has 2 rings (SSSR count). The van der Waals surface area contributed by atoms with Gasteiger partial charge in [-0.15, -0.1) is 0 Å². The third-order valence-electron chi connectivity index (χ3n) is 3.17. The zero-order chi connectivity index (χ0) is 13.0. The van der Waals surface area contributed by atoms with Crippen LogP contribution in [0.4, 0.5) is 4.39 Å². The Morgan fingerprint density at radius 2 is 2.17 bits per heavy atom. The summed E-state index contributed by atoms with van der Waals surface area (Å²) in [5.74, 6) is -0.143. The van der Waals surface area contributed by atoms with Gasteiger partial charge in [0.05, 0.1) is 0 Å². The van der Waals surface area contributed by atoms with Crippen LogP contribution < -0.4 is 10.6 Å². The molecule has 1 aromatic rings. The van der Waals surface area contributed by atoms with Gasteiger partial charge >= 0.3 is 0 Å². The average Bonchev–Trinajstić information content (AvgIpc) is 2.40. The maximum absolute atomic E-state index is 13.1. The maximum Gasteiger partial charge on any atom is 0.223 e. The number of amides is 1. The molecule has 0 atom stereocenters. The zero-order valence-corrected chi connectivity index (χ0v) is 11.6. The fourth-order valence-corrected chi connectivity index (χ4v) is 2.48. The molecule has 1 aliphatic heterocycles. The molecular formula is C13H16BrFN2O. The Bertz CT molecular complexity index is 433. The third-order valence-corrected chi connectivity index (χ3v) is 3.94. The van der Waals surface area contributed by atoms with Gasteiger partial charge in [-0.1, -0.05) is 15.9 Å². The van der Waals surface area contributed by atoms with Crippen molar-refractivity contribution in [1.82, 2.24) is 10.6 Å². The second kappa shape index (κ2) is 6.29. The Labute approximate surface area is 114 Å². The van der Waals surface area contributed by atoms with Gasteiger partial charge in [-0.05, 0) is 49.7 Å². The SMILES string of the molecule is O=C(NCc1cc(F)ccc1Br)C1CCNCC1. The topological polar surface area (TPSA) is 41.1 Å². The van der Waals surface area contributed by atoms with E-state index in [0.717, 1.165) is 36.0 Å². The van der Waals surface area contributed by atoms with E-state index in [9.17, 15) is 9.18 Å². The molecule has 3 nitrogen and oxygen atoms in total. The molecule has 98 valence electrons. The van der Waals surface area contributed by atoms with E-state index in [4.69, 9.17) is 0 Å². The van der Waals surface area contributed by atoms with Crippen LogP contribution in [0.25, 0.3) is 0 Å². The summed E-state index contributed by atoms with van der Waals surface area (Å²) in [6, 6.07) is 4.48. The molecule has 5 heteroatoms. The lowest BCUT2D eigenvalue weighted by Gasteiger charge is -2.21. The van der Waals surface area contributed by atoms with Gasteiger partial charge in [0.2, 0.25) is 5.91 Å². The fraction of sp³-hybridized carbons (Fsp3) is 0.462. The fourth-order valence-electron chi connectivity index (χ4n) is 2.09. The van der Waals surface area contributed by atoms with Crippen LogP contribution >= 0.6 is 15.9 Å². The van der Waals surface area contributed by atoms with E-state index in [-0.39, 0.29) is 17.6 Å². The Hall–Kier alpha value is -0.940. The largest absolute Gasteiger partial charge is 0.352 e. The van der Waals surface area contributed by atoms with Gasteiger partial charge < -0.3 is 10.6 Å². The van der Waals surface area contributed by atoms with Crippen LogP contribution in [0.3, 0.4) is 0 Å². The predicted octanol–water partition coefficient (Wildman–Crippen LogP) is 2.20. The Morgan fingerprint density at radius 1 is 1.44 bits per heavy atom. The van der Waals surface area contributed by atoms with Crippen molar-refractivity contribution in [3.05, 3.63) is 34.1 Å². The van der Waals surface area contributed by atoms with Crippen LogP contribution in [0.15, 0.2) is 22.7 Å². The van der Waals surface area contributed by atoms with E-state index in [1.807, 2.05) is 0 Å². The molecule has 0 radical (unpaired) electrons. The van der Waals surface area contributed by atoms with Crippen LogP contribution in [-0.2, 0) is 11.3 Å². The molecule has 0 aromatic heterocycles. The normalized spacial score (nSPS) is 16.6. The molecule has 1 fully saturated rings. The molecule has 1 amide bonds. The summed E-state index contributed by atoms with van der Waals surface area (Å²) in [7, 11) is 0. The van der Waals surface area contributed by atoms with E-state index in [1.54, 1.807) is 6.07 Å². The molecule has 2 N–H and O–H groups in total. The summed E-state index contributed by atoms with van der Waals surface area (Å²) >= 11 is 3.35. The molecule has 18 heavy (non-hydrogen) atoms. The first-order chi connectivity index (χ1) is 8.66. The number of benzene rings is 1. The van der Waals surface area contributed by atoms with Gasteiger partial charge in [0.1, 0.15) is 5.82 Å². The lowest BCUT2D eigenvalue weighted by molar-refractivity contribution is -0.125. The number of rotatable bonds is 3. The summed E-state index contributed by atoms with van der Waals surface area (Å²) < 4.78 is 13.9. The highest BCUT2D eigenvalue weighted by atomic mass is 79.9. The van der Waals surface area contributed by atoms with Crippen molar-refractivity contribution in [3.8, 4) is 0 Å². The first-order valence-electron chi connectivity index (χ1n) is 6.09. The second-order valence-electron chi connectivity index (χ2n) is 4.48. The number of carbonyl (C=O) groups is 1. The number of hydrogen-bond acceptors (Lipinski definition) is 2. The van der Waals surface area contributed by atoms with Gasteiger partial charge in [-0.3, -0.25) is 4.79 Å². The van der Waals surface area contributed by atoms with E-state index in [1.165, 1.54) is 12.1 Å². The van der Waals surface area contributed by atoms with Crippen molar-refractivity contribution in [2.75, 3.05) is 13.1 Å². The standard InChI is InChI=1S/C13H16BrFN2O/c14-12-2-1-11(15)7-10(12)8-17-13(18)9-3-5-16-6-4-9/h1-2,7,9,16H,3-6,8H2,(H,17,18). The third kappa shape index (κ3) is 3.53. The van der Waals surface area contributed by atoms with Crippen molar-refractivity contribution < 1.29 is 9.18 Å². The minimum Gasteiger partial charge on any atom is -0.352 e. The predicted molar refractivity (Wildman–Crippen MR) is 71.5 cm³/mol. The minimum absolute atomic E-state index is 0.0626. The molecule has 0 unspecified atom stereocenters. The number of hydrogen-bond donors (Lipinski definition) is 2. The van der Waals surface area contributed by atoms with Crippen molar-refractivity contribution in [1.29, 1.82) is 0 Å². The van der Waals surface area contributed by atoms with Crippen molar-refractivity contribution in [2.24, 2.45) is 5.92 Å². The highest BCUT2D eigenvalue weighted by Crippen LogP contribution is 2.18. The van der Waals surface area contributed by atoms with Gasteiger partial charge in [0.15, 0.2) is 0 Å². The molecule has 1 aliphatic rings. The molecule has 0 bridgehead atoms. The molecular weight excluding hydrogens is 299 g/mol. The quantitative estimate of drug-likeness (QED) is 0.898. The van der Waals surface area contributed by atoms with Gasteiger partial charge in [-0.25, -0.2) is 4.39 Å². The summed E-state index contributed by atoms with van der Waals surface area (Å²) in [6.45, 7) is 2.14. The molecule has 0 saturated carbocycles. The molecule has 0 spiro atoms. The summed E-state index contributed by atoms with van der Waals surface area (Å²) in [4.78, 5) is 11.9. The van der Waals surface area contributed by atoms with E-state index in [2.05, 4.69) is 26.6 Å². The smallest absolute Gasteiger partial charge is 0.223 e. The average molecular weight is 315 g/mol. The van der Waals surface area contributed by atoms with Crippen LogP contribution in [0.2, 0.25) is 0 Å². The van der Waals surface area contributed by atoms with E-state index < -0.39 is 0 Å². The van der Waals surface area contributed by atoms with Crippen LogP contribution in [-0.4, -0.2) is 19.0 Å². The van der Waals surface area contributed by atoms with Crippen LogP contribution in [0.5, 0.6) is 0 Å². The minimum atomic E-state index is -0.288. The highest BCUT2D eigenvalue weighted by molar-refractivity contribution is 9.10. The van der Waals surface area contributed by atoms with Gasteiger partial charge in [0.25, 0.3) is 0 Å². The Balaban J connectivity index is 1.90. The monoisotopic (exact) mass is 314 g/mol. The summed E-state index contributed by atoms with van der Waals surface area (Å²) in [6.07, 6.45) is 1.74. The van der Waals surface area contributed by atoms with Crippen molar-refractivity contribution >= 4 is 21.8 Å². The molecule has 1 saturated heterocycles. The summed E-state index contributed by atoms with van der Waals surface area (Å²) in [5.41, 5.74) is 0.761. The van der Waals surface area contributed by atoms with Crippen LogP contribution in [0.1, 0.15) is 18.4 Å². The lowest BCUT2D eigenvalue weighted by atomic mass is 9.97. The first-order valence-corrected chi connectivity index (χ1v) is 6.88. The number of nitrogens with one attached hydrogen (secondary N) is 2. The Morgan fingerprint density at radius 3 is 2.89 bits per heavy atom. The van der Waals surface area contributed by atoms with Gasteiger partial charge in [-0.2, -0.15) is 0 Å². The summed E-state index contributed by atoms with van der Waals surface area (Å²) in [5, 5.41) is 6.10. The molecule has 0 aliphatic carbocycles. The Kier molecular flexibility index (Phi) is 4.72. The van der Waals surface area contributed by atoms with Crippen LogP contribution in [0, 0.1) is 11.7 Å². The zero-order valence-electron chi connectivity index (χ0n) is 10.0. The number of carbonyl (C=O) groups excluding carboxylic acids is 1. The maximum atomic E-state index is 13.1. The molecule has 1 heterocycles. The first kappa shape index (κ1) is 13.5. The molecule has 1 aromatic carbocycles.